The molecule has 4 nitrogen and oxygen atoms in total. The highest BCUT2D eigenvalue weighted by molar-refractivity contribution is 6.77. The van der Waals surface area contributed by atoms with Crippen molar-refractivity contribution in [2.75, 3.05) is 24.7 Å². The van der Waals surface area contributed by atoms with Crippen LogP contribution in [0.4, 0.5) is 10.1 Å². The predicted octanol–water partition coefficient (Wildman–Crippen LogP) is 7.55. The van der Waals surface area contributed by atoms with Gasteiger partial charge in [-0.2, -0.15) is 0 Å². The molecule has 1 saturated heterocycles. The van der Waals surface area contributed by atoms with Crippen molar-refractivity contribution in [2.24, 2.45) is 0 Å². The molecule has 3 rings (SSSR count). The maximum atomic E-state index is 15.2. The fourth-order valence-corrected chi connectivity index (χ4v) is 12.4. The Bertz CT molecular complexity index is 788. The lowest BCUT2D eigenvalue weighted by atomic mass is 9.83. The van der Waals surface area contributed by atoms with E-state index in [2.05, 4.69) is 65.6 Å². The molecule has 0 aromatic heterocycles. The lowest BCUT2D eigenvalue weighted by molar-refractivity contribution is 0.193. The maximum Gasteiger partial charge on any atom is 0.200 e. The van der Waals surface area contributed by atoms with E-state index >= 15 is 4.39 Å². The van der Waals surface area contributed by atoms with Crippen LogP contribution in [-0.2, 0) is 4.43 Å². The van der Waals surface area contributed by atoms with Crippen LogP contribution in [0.3, 0.4) is 0 Å². The van der Waals surface area contributed by atoms with E-state index in [0.29, 0.717) is 46.9 Å². The first kappa shape index (κ1) is 27.8. The van der Waals surface area contributed by atoms with Gasteiger partial charge >= 0.3 is 0 Å². The molecule has 34 heavy (non-hydrogen) atoms. The quantitative estimate of drug-likeness (QED) is 0.273. The third-order valence-electron chi connectivity index (χ3n) is 7.98. The Morgan fingerprint density at radius 1 is 1.06 bits per heavy atom. The summed E-state index contributed by atoms with van der Waals surface area (Å²) in [4.78, 5) is 2.36. The minimum absolute atomic E-state index is 0.0341. The Hall–Kier alpha value is -0.823. The van der Waals surface area contributed by atoms with Crippen molar-refractivity contribution < 1.29 is 13.6 Å². The number of piperazine rings is 1. The van der Waals surface area contributed by atoms with E-state index < -0.39 is 14.1 Å². The van der Waals surface area contributed by atoms with Crippen LogP contribution in [0.25, 0.3) is 0 Å². The monoisotopic (exact) mass is 512 g/mol. The number of fused-ring (bicyclic) bond motifs is 1. The van der Waals surface area contributed by atoms with Crippen molar-refractivity contribution >= 4 is 25.6 Å². The van der Waals surface area contributed by atoms with Crippen LogP contribution in [0.2, 0.25) is 21.6 Å². The van der Waals surface area contributed by atoms with Gasteiger partial charge in [0.05, 0.1) is 11.6 Å². The Morgan fingerprint density at radius 2 is 1.68 bits per heavy atom. The van der Waals surface area contributed by atoms with Gasteiger partial charge in [-0.3, -0.25) is 0 Å². The first-order valence-electron chi connectivity index (χ1n) is 13.2. The highest BCUT2D eigenvalue weighted by Crippen LogP contribution is 2.42. The molecule has 1 heterocycles. The number of anilines is 1. The van der Waals surface area contributed by atoms with Gasteiger partial charge in [0.25, 0.3) is 0 Å². The molecule has 1 N–H and O–H groups in total. The number of hydrogen-bond donors (Lipinski definition) is 1. The molecule has 2 fully saturated rings. The molecule has 0 bridgehead atoms. The number of nitrogens with zero attached hydrogens (tertiary/aromatic N) is 1. The van der Waals surface area contributed by atoms with E-state index in [1.165, 1.54) is 12.8 Å². The average Bonchev–Trinajstić information content (AvgIpc) is 2.73. The number of nitrogens with one attached hydrogen (secondary N) is 1. The Labute approximate surface area is 213 Å². The Kier molecular flexibility index (Phi) is 9.03. The summed E-state index contributed by atoms with van der Waals surface area (Å²) in [5.74, 6) is -0.263. The second-order valence-electron chi connectivity index (χ2n) is 11.9. The number of hydrogen-bond acceptors (Lipinski definition) is 4. The molecule has 7 heteroatoms. The van der Waals surface area contributed by atoms with Crippen LogP contribution in [0.5, 0.6) is 5.75 Å². The molecule has 2 atom stereocenters. The summed E-state index contributed by atoms with van der Waals surface area (Å²) in [6.07, 6.45) is 4.74. The summed E-state index contributed by atoms with van der Waals surface area (Å²) in [5, 5.41) is 4.13. The molecule has 0 radical (unpaired) electrons. The van der Waals surface area contributed by atoms with Gasteiger partial charge in [0.1, 0.15) is 6.61 Å². The summed E-state index contributed by atoms with van der Waals surface area (Å²) in [6, 6.07) is 4.28. The van der Waals surface area contributed by atoms with Gasteiger partial charge in [-0.25, -0.2) is 4.39 Å². The molecule has 2 aliphatic rings. The Balaban J connectivity index is 1.71. The van der Waals surface area contributed by atoms with Crippen molar-refractivity contribution in [2.45, 2.75) is 115 Å². The van der Waals surface area contributed by atoms with Crippen LogP contribution >= 0.6 is 11.6 Å². The molecule has 0 amide bonds. The van der Waals surface area contributed by atoms with E-state index in [9.17, 15) is 0 Å². The van der Waals surface area contributed by atoms with Crippen molar-refractivity contribution in [3.8, 4) is 5.75 Å². The average molecular weight is 513 g/mol. The first-order valence-corrected chi connectivity index (χ1v) is 15.7. The largest absolute Gasteiger partial charge is 0.487 e. The fraction of sp³-hybridized carbons (Fsp3) is 0.778. The first-order chi connectivity index (χ1) is 15.9. The zero-order valence-corrected chi connectivity index (χ0v) is 24.3. The summed E-state index contributed by atoms with van der Waals surface area (Å²) < 4.78 is 27.6. The van der Waals surface area contributed by atoms with Crippen molar-refractivity contribution in [3.63, 3.8) is 0 Å². The molecule has 0 unspecified atom stereocenters. The van der Waals surface area contributed by atoms with Gasteiger partial charge in [0, 0.05) is 35.9 Å². The van der Waals surface area contributed by atoms with E-state index in [1.807, 2.05) is 6.07 Å². The molecule has 0 spiro atoms. The molecule has 1 saturated carbocycles. The smallest absolute Gasteiger partial charge is 0.200 e. The third-order valence-corrected chi connectivity index (χ3v) is 14.4. The number of halogens is 2. The van der Waals surface area contributed by atoms with Gasteiger partial charge < -0.3 is 19.4 Å². The zero-order valence-electron chi connectivity index (χ0n) is 22.5. The van der Waals surface area contributed by atoms with Crippen molar-refractivity contribution in [1.82, 2.24) is 5.32 Å². The van der Waals surface area contributed by atoms with Crippen LogP contribution in [-0.4, -0.2) is 45.7 Å². The van der Waals surface area contributed by atoms with E-state index in [0.717, 1.165) is 25.1 Å². The SMILES string of the molecule is CC(C)[Si](OCCOc1c(F)cc(N2CC(C)(C)N[C@H]3CCCC[C@@H]32)cc1Cl)(C(C)C)C(C)C. The van der Waals surface area contributed by atoms with Crippen molar-refractivity contribution in [3.05, 3.63) is 23.0 Å². The predicted molar refractivity (Wildman–Crippen MR) is 145 cm³/mol. The molecule has 1 aromatic rings. The molecule has 1 aromatic carbocycles. The molecular weight excluding hydrogens is 467 g/mol. The molecule has 1 aliphatic carbocycles. The van der Waals surface area contributed by atoms with E-state index in [4.69, 9.17) is 20.8 Å². The maximum absolute atomic E-state index is 15.2. The van der Waals surface area contributed by atoms with Gasteiger partial charge in [-0.1, -0.05) is 66.0 Å². The normalized spacial score (nSPS) is 23.0. The minimum Gasteiger partial charge on any atom is -0.487 e. The number of benzene rings is 1. The van der Waals surface area contributed by atoms with Gasteiger partial charge in [-0.15, -0.1) is 0 Å². The van der Waals surface area contributed by atoms with E-state index in [-0.39, 0.29) is 11.3 Å². The molecule has 1 aliphatic heterocycles. The summed E-state index contributed by atoms with van der Waals surface area (Å²) in [7, 11) is -1.97. The second-order valence-corrected chi connectivity index (χ2v) is 17.7. The van der Waals surface area contributed by atoms with E-state index in [1.54, 1.807) is 6.07 Å². The number of rotatable bonds is 9. The highest BCUT2D eigenvalue weighted by atomic mass is 35.5. The van der Waals surface area contributed by atoms with Gasteiger partial charge in [0.2, 0.25) is 0 Å². The van der Waals surface area contributed by atoms with Gasteiger partial charge in [0.15, 0.2) is 19.9 Å². The highest BCUT2D eigenvalue weighted by Gasteiger charge is 2.45. The summed E-state index contributed by atoms with van der Waals surface area (Å²) >= 11 is 6.58. The standard InChI is InChI=1S/C27H46ClFN2O2Si/c1-18(2)34(19(3)4,20(5)6)33-14-13-32-26-22(28)15-21(16-23(26)29)31-17-27(7,8)30-24-11-9-10-12-25(24)31/h15-16,18-20,24-25,30H,9-14,17H2,1-8H3/t24-,25-/m0/s1. The second kappa shape index (κ2) is 11.1. The zero-order chi connectivity index (χ0) is 25.3. The molecule has 194 valence electrons. The topological polar surface area (TPSA) is 33.7 Å². The fourth-order valence-electron chi connectivity index (χ4n) is 6.74. The van der Waals surface area contributed by atoms with Crippen LogP contribution in [0, 0.1) is 5.82 Å². The van der Waals surface area contributed by atoms with Crippen LogP contribution in [0.1, 0.15) is 81.1 Å². The third kappa shape index (κ3) is 5.76. The molecular formula is C27H46ClFN2O2Si. The lowest BCUT2D eigenvalue weighted by Crippen LogP contribution is -2.67. The summed E-state index contributed by atoms with van der Waals surface area (Å²) in [6.45, 7) is 19.6. The van der Waals surface area contributed by atoms with Crippen LogP contribution < -0.4 is 15.0 Å². The van der Waals surface area contributed by atoms with Crippen LogP contribution in [0.15, 0.2) is 12.1 Å². The van der Waals surface area contributed by atoms with Gasteiger partial charge in [-0.05, 0) is 49.4 Å². The Morgan fingerprint density at radius 3 is 2.26 bits per heavy atom. The minimum atomic E-state index is -1.97. The van der Waals surface area contributed by atoms with Crippen molar-refractivity contribution in [1.29, 1.82) is 0 Å². The summed E-state index contributed by atoms with van der Waals surface area (Å²) in [5.41, 5.74) is 2.31. The lowest BCUT2D eigenvalue weighted by Gasteiger charge is -2.52. The number of ether oxygens (including phenoxy) is 1.